The molecule has 1 aromatic heterocycles. The van der Waals surface area contributed by atoms with E-state index in [1.54, 1.807) is 11.3 Å². The molecule has 0 unspecified atom stereocenters. The normalized spacial score (nSPS) is 9.23. The second-order valence-electron chi connectivity index (χ2n) is 2.59. The Morgan fingerprint density at radius 2 is 1.92 bits per heavy atom. The zero-order valence-electron chi connectivity index (χ0n) is 7.01. The lowest BCUT2D eigenvalue weighted by Crippen LogP contribution is -1.84. The fourth-order valence-corrected chi connectivity index (χ4v) is 1.76. The van der Waals surface area contributed by atoms with Crippen LogP contribution in [-0.2, 0) is 6.42 Å². The number of benzene rings is 1. The van der Waals surface area contributed by atoms with Gasteiger partial charge in [0.1, 0.15) is 0 Å². The van der Waals surface area contributed by atoms with E-state index in [4.69, 9.17) is 0 Å². The van der Waals surface area contributed by atoms with Crippen LogP contribution in [0.25, 0.3) is 0 Å². The Balaban J connectivity index is 0.000000845. The Hall–Kier alpha value is -0.860. The van der Waals surface area contributed by atoms with E-state index in [1.165, 1.54) is 10.6 Å². The molecule has 0 amide bonds. The van der Waals surface area contributed by atoms with Crippen LogP contribution in [0.15, 0.2) is 41.9 Å². The molecular weight excluding hydrogens is 202 g/mol. The van der Waals surface area contributed by atoms with Crippen LogP contribution in [0, 0.1) is 0 Å². The van der Waals surface area contributed by atoms with Crippen molar-refractivity contribution in [2.45, 2.75) is 6.42 Å². The van der Waals surface area contributed by atoms with Gasteiger partial charge in [0.05, 0.1) is 5.01 Å². The van der Waals surface area contributed by atoms with Gasteiger partial charge in [0.2, 0.25) is 0 Å². The van der Waals surface area contributed by atoms with Crippen molar-refractivity contribution < 1.29 is 0 Å². The van der Waals surface area contributed by atoms with Crippen molar-refractivity contribution in [1.82, 2.24) is 4.98 Å². The quantitative estimate of drug-likeness (QED) is 0.744. The number of thiazole rings is 1. The minimum absolute atomic E-state index is 0. The molecule has 2 aromatic rings. The van der Waals surface area contributed by atoms with Gasteiger partial charge in [0.15, 0.2) is 0 Å². The lowest BCUT2D eigenvalue weighted by Gasteiger charge is -1.95. The summed E-state index contributed by atoms with van der Waals surface area (Å²) < 4.78 is 0. The van der Waals surface area contributed by atoms with Crippen molar-refractivity contribution in [3.05, 3.63) is 52.5 Å². The van der Waals surface area contributed by atoms with Crippen LogP contribution in [0.3, 0.4) is 0 Å². The van der Waals surface area contributed by atoms with Crippen molar-refractivity contribution in [3.63, 3.8) is 0 Å². The summed E-state index contributed by atoms with van der Waals surface area (Å²) in [5, 5.41) is 3.19. The maximum absolute atomic E-state index is 4.23. The van der Waals surface area contributed by atoms with Crippen molar-refractivity contribution in [3.8, 4) is 0 Å². The van der Waals surface area contributed by atoms with E-state index in [0.717, 1.165) is 6.42 Å². The second kappa shape index (κ2) is 5.00. The molecule has 1 aromatic carbocycles. The number of rotatable bonds is 2. The monoisotopic (exact) mass is 211 g/mol. The largest absolute Gasteiger partial charge is 0.249 e. The maximum atomic E-state index is 4.23. The molecular formula is C10H10ClNS. The molecule has 2 rings (SSSR count). The first-order valence-corrected chi connectivity index (χ1v) is 4.75. The van der Waals surface area contributed by atoms with Gasteiger partial charge in [-0.2, -0.15) is 0 Å². The van der Waals surface area contributed by atoms with Gasteiger partial charge in [-0.25, -0.2) is 4.98 Å². The van der Waals surface area contributed by atoms with Gasteiger partial charge in [0, 0.05) is 18.0 Å². The first-order chi connectivity index (χ1) is 5.95. The molecule has 1 nitrogen and oxygen atoms in total. The highest BCUT2D eigenvalue weighted by atomic mass is 35.5. The molecule has 0 spiro atoms. The van der Waals surface area contributed by atoms with E-state index < -0.39 is 0 Å². The predicted octanol–water partition coefficient (Wildman–Crippen LogP) is 3.16. The van der Waals surface area contributed by atoms with Crippen LogP contribution in [0.4, 0.5) is 0 Å². The third-order valence-corrected chi connectivity index (χ3v) is 2.46. The predicted molar refractivity (Wildman–Crippen MR) is 58.6 cm³/mol. The lowest BCUT2D eigenvalue weighted by atomic mass is 10.2. The van der Waals surface area contributed by atoms with Gasteiger partial charge >= 0.3 is 0 Å². The van der Waals surface area contributed by atoms with Gasteiger partial charge in [0.25, 0.3) is 0 Å². The third-order valence-electron chi connectivity index (χ3n) is 1.68. The zero-order valence-corrected chi connectivity index (χ0v) is 8.65. The standard InChI is InChI=1S/C10H9NS.ClH/c1-2-4-9(5-3-1)8-10-11-6-7-12-10;/h1-7H,8H2;1H. The average Bonchev–Trinajstić information content (AvgIpc) is 2.59. The fourth-order valence-electron chi connectivity index (χ4n) is 1.11. The van der Waals surface area contributed by atoms with E-state index in [9.17, 15) is 0 Å². The summed E-state index contributed by atoms with van der Waals surface area (Å²) in [6.45, 7) is 0. The Morgan fingerprint density at radius 1 is 1.15 bits per heavy atom. The summed E-state index contributed by atoms with van der Waals surface area (Å²) in [5.74, 6) is 0. The summed E-state index contributed by atoms with van der Waals surface area (Å²) in [4.78, 5) is 4.23. The van der Waals surface area contributed by atoms with Crippen molar-refractivity contribution in [1.29, 1.82) is 0 Å². The summed E-state index contributed by atoms with van der Waals surface area (Å²) in [7, 11) is 0. The van der Waals surface area contributed by atoms with Gasteiger partial charge in [-0.15, -0.1) is 23.7 Å². The molecule has 0 radical (unpaired) electrons. The number of halogens is 1. The summed E-state index contributed by atoms with van der Waals surface area (Å²) >= 11 is 1.71. The molecule has 3 heteroatoms. The zero-order chi connectivity index (χ0) is 8.23. The van der Waals surface area contributed by atoms with Crippen LogP contribution < -0.4 is 0 Å². The highest BCUT2D eigenvalue weighted by molar-refractivity contribution is 7.09. The van der Waals surface area contributed by atoms with Crippen LogP contribution in [0.5, 0.6) is 0 Å². The molecule has 1 heterocycles. The molecule has 0 fully saturated rings. The summed E-state index contributed by atoms with van der Waals surface area (Å²) in [6.07, 6.45) is 2.81. The number of hydrogen-bond acceptors (Lipinski definition) is 2. The highest BCUT2D eigenvalue weighted by Gasteiger charge is 1.95. The van der Waals surface area contributed by atoms with Gasteiger partial charge in [-0.3, -0.25) is 0 Å². The number of aromatic nitrogens is 1. The topological polar surface area (TPSA) is 12.9 Å². The van der Waals surface area contributed by atoms with Crippen molar-refractivity contribution >= 4 is 23.7 Å². The SMILES string of the molecule is Cl.c1ccc(Cc2nccs2)cc1. The Bertz CT molecular complexity index is 331. The molecule has 0 aliphatic rings. The maximum Gasteiger partial charge on any atom is 0.0968 e. The molecule has 13 heavy (non-hydrogen) atoms. The third kappa shape index (κ3) is 2.83. The average molecular weight is 212 g/mol. The van der Waals surface area contributed by atoms with Gasteiger partial charge in [-0.05, 0) is 5.56 Å². The molecule has 0 saturated heterocycles. The minimum atomic E-state index is 0. The Morgan fingerprint density at radius 3 is 2.54 bits per heavy atom. The van der Waals surface area contributed by atoms with E-state index in [1.807, 2.05) is 17.6 Å². The molecule has 0 N–H and O–H groups in total. The Labute approximate surface area is 87.9 Å². The van der Waals surface area contributed by atoms with E-state index in [2.05, 4.69) is 29.2 Å². The minimum Gasteiger partial charge on any atom is -0.249 e. The van der Waals surface area contributed by atoms with Crippen LogP contribution in [0.2, 0.25) is 0 Å². The molecule has 0 aliphatic carbocycles. The molecule has 0 atom stereocenters. The summed E-state index contributed by atoms with van der Waals surface area (Å²) in [6, 6.07) is 10.4. The second-order valence-corrected chi connectivity index (χ2v) is 3.57. The van der Waals surface area contributed by atoms with Crippen molar-refractivity contribution in [2.75, 3.05) is 0 Å². The van der Waals surface area contributed by atoms with Crippen LogP contribution >= 0.6 is 23.7 Å². The number of hydrogen-bond donors (Lipinski definition) is 0. The van der Waals surface area contributed by atoms with Crippen LogP contribution in [0.1, 0.15) is 10.6 Å². The Kier molecular flexibility index (Phi) is 3.93. The van der Waals surface area contributed by atoms with E-state index in [0.29, 0.717) is 0 Å². The first-order valence-electron chi connectivity index (χ1n) is 3.87. The first kappa shape index (κ1) is 10.2. The fraction of sp³-hybridized carbons (Fsp3) is 0.100. The lowest BCUT2D eigenvalue weighted by molar-refractivity contribution is 1.14. The highest BCUT2D eigenvalue weighted by Crippen LogP contribution is 2.10. The van der Waals surface area contributed by atoms with Crippen molar-refractivity contribution in [2.24, 2.45) is 0 Å². The van der Waals surface area contributed by atoms with E-state index >= 15 is 0 Å². The summed E-state index contributed by atoms with van der Waals surface area (Å²) in [5.41, 5.74) is 1.33. The molecule has 0 aliphatic heterocycles. The molecule has 68 valence electrons. The van der Waals surface area contributed by atoms with E-state index in [-0.39, 0.29) is 12.4 Å². The number of nitrogens with zero attached hydrogens (tertiary/aromatic N) is 1. The van der Waals surface area contributed by atoms with Gasteiger partial charge < -0.3 is 0 Å². The molecule has 0 bridgehead atoms. The molecule has 0 saturated carbocycles. The van der Waals surface area contributed by atoms with Gasteiger partial charge in [-0.1, -0.05) is 30.3 Å². The smallest absolute Gasteiger partial charge is 0.0968 e. The van der Waals surface area contributed by atoms with Crippen LogP contribution in [-0.4, -0.2) is 4.98 Å².